The van der Waals surface area contributed by atoms with Gasteiger partial charge in [0, 0.05) is 31.1 Å². The molecule has 0 unspecified atom stereocenters. The van der Waals surface area contributed by atoms with Crippen LogP contribution in [-0.2, 0) is 12.8 Å². The van der Waals surface area contributed by atoms with Crippen LogP contribution in [0, 0.1) is 17.2 Å². The van der Waals surface area contributed by atoms with Gasteiger partial charge in [-0.2, -0.15) is 5.26 Å². The van der Waals surface area contributed by atoms with Gasteiger partial charge in [0.1, 0.15) is 6.04 Å². The highest BCUT2D eigenvalue weighted by atomic mass is 32.1. The van der Waals surface area contributed by atoms with Crippen LogP contribution in [0.2, 0.25) is 0 Å². The van der Waals surface area contributed by atoms with Gasteiger partial charge in [-0.3, -0.25) is 9.69 Å². The first-order valence-electron chi connectivity index (χ1n) is 9.06. The number of nitrogens with zero attached hydrogens (tertiary/aromatic N) is 3. The summed E-state index contributed by atoms with van der Waals surface area (Å²) in [6, 6.07) is 4.45. The minimum absolute atomic E-state index is 0.0492. The number of amides is 1. The largest absolute Gasteiger partial charge is 0.335 e. The highest BCUT2D eigenvalue weighted by Crippen LogP contribution is 2.26. The summed E-state index contributed by atoms with van der Waals surface area (Å²) in [7, 11) is 0. The number of rotatable bonds is 6. The molecule has 1 amide bonds. The zero-order chi connectivity index (χ0) is 17.7. The Hall–Kier alpha value is -1.38. The monoisotopic (exact) mass is 347 g/mol. The lowest BCUT2D eigenvalue weighted by Gasteiger charge is -2.38. The number of hydrogen-bond acceptors (Lipinski definition) is 4. The van der Waals surface area contributed by atoms with E-state index >= 15 is 0 Å². The van der Waals surface area contributed by atoms with E-state index in [-0.39, 0.29) is 11.9 Å². The summed E-state index contributed by atoms with van der Waals surface area (Å²) >= 11 is 1.67. The Morgan fingerprint density at radius 3 is 2.46 bits per heavy atom. The van der Waals surface area contributed by atoms with Gasteiger partial charge in [-0.1, -0.05) is 34.1 Å². The molecule has 1 saturated heterocycles. The molecule has 2 rings (SSSR count). The zero-order valence-corrected chi connectivity index (χ0v) is 16.2. The smallest absolute Gasteiger partial charge is 0.264 e. The summed E-state index contributed by atoms with van der Waals surface area (Å²) < 4.78 is 0. The first-order valence-corrected chi connectivity index (χ1v) is 9.87. The third kappa shape index (κ3) is 4.17. The molecule has 4 nitrogen and oxygen atoms in total. The fourth-order valence-corrected chi connectivity index (χ4v) is 4.64. The molecule has 1 atom stereocenters. The highest BCUT2D eigenvalue weighted by Gasteiger charge is 2.28. The molecular weight excluding hydrogens is 318 g/mol. The van der Waals surface area contributed by atoms with E-state index in [0.29, 0.717) is 19.0 Å². The molecule has 1 aliphatic rings. The average molecular weight is 348 g/mol. The maximum atomic E-state index is 12.8. The van der Waals surface area contributed by atoms with E-state index in [2.05, 4.69) is 44.7 Å². The van der Waals surface area contributed by atoms with Crippen LogP contribution in [0.25, 0.3) is 0 Å². The molecule has 0 aromatic carbocycles. The Labute approximate surface area is 150 Å². The van der Waals surface area contributed by atoms with E-state index in [0.717, 1.165) is 37.2 Å². The molecule has 0 saturated carbocycles. The van der Waals surface area contributed by atoms with Gasteiger partial charge in [-0.05, 0) is 30.4 Å². The maximum absolute atomic E-state index is 12.8. The lowest BCUT2D eigenvalue weighted by Crippen LogP contribution is -2.52. The van der Waals surface area contributed by atoms with Gasteiger partial charge >= 0.3 is 0 Å². The van der Waals surface area contributed by atoms with Crippen molar-refractivity contribution in [1.82, 2.24) is 9.80 Å². The van der Waals surface area contributed by atoms with Gasteiger partial charge < -0.3 is 4.90 Å². The lowest BCUT2D eigenvalue weighted by molar-refractivity contribution is 0.0581. The fraction of sp³-hybridized carbons (Fsp3) is 0.684. The van der Waals surface area contributed by atoms with E-state index in [9.17, 15) is 10.1 Å². The van der Waals surface area contributed by atoms with Crippen molar-refractivity contribution < 1.29 is 4.79 Å². The number of carbonyl (C=O) groups excluding carboxylic acids is 1. The molecule has 1 aliphatic heterocycles. The SMILES string of the molecule is CCCc1sc(C(=O)N2CCN([C@H](C#N)C(C)C)CC2)cc1CC. The Morgan fingerprint density at radius 2 is 1.96 bits per heavy atom. The Balaban J connectivity index is 2.01. The summed E-state index contributed by atoms with van der Waals surface area (Å²) in [5.74, 6) is 0.480. The van der Waals surface area contributed by atoms with Crippen LogP contribution in [0.3, 0.4) is 0 Å². The van der Waals surface area contributed by atoms with E-state index in [1.165, 1.54) is 10.4 Å². The van der Waals surface area contributed by atoms with Gasteiger partial charge in [0.2, 0.25) is 0 Å². The second-order valence-electron chi connectivity index (χ2n) is 6.81. The molecule has 0 N–H and O–H groups in total. The average Bonchev–Trinajstić information content (AvgIpc) is 2.98. The topological polar surface area (TPSA) is 47.3 Å². The Morgan fingerprint density at radius 1 is 1.29 bits per heavy atom. The van der Waals surface area contributed by atoms with Crippen molar-refractivity contribution >= 4 is 17.2 Å². The second-order valence-corrected chi connectivity index (χ2v) is 7.95. The molecule has 24 heavy (non-hydrogen) atoms. The van der Waals surface area contributed by atoms with Gasteiger partial charge in [0.25, 0.3) is 5.91 Å². The van der Waals surface area contributed by atoms with Crippen LogP contribution >= 0.6 is 11.3 Å². The quantitative estimate of drug-likeness (QED) is 0.790. The van der Waals surface area contributed by atoms with Crippen molar-refractivity contribution in [3.05, 3.63) is 21.4 Å². The van der Waals surface area contributed by atoms with Crippen molar-refractivity contribution in [3.8, 4) is 6.07 Å². The van der Waals surface area contributed by atoms with Crippen LogP contribution in [-0.4, -0.2) is 47.9 Å². The molecule has 5 heteroatoms. The summed E-state index contributed by atoms with van der Waals surface area (Å²) in [5, 5.41) is 9.34. The van der Waals surface area contributed by atoms with Crippen LogP contribution < -0.4 is 0 Å². The summed E-state index contributed by atoms with van der Waals surface area (Å²) in [6.45, 7) is 11.5. The molecule has 0 aliphatic carbocycles. The standard InChI is InChI=1S/C19H29N3OS/c1-5-7-17-15(6-2)12-18(24-17)19(23)22-10-8-21(9-11-22)16(13-20)14(3)4/h12,14,16H,5-11H2,1-4H3/t16-/m1/s1. The van der Waals surface area contributed by atoms with Crippen LogP contribution in [0.4, 0.5) is 0 Å². The second kappa shape index (κ2) is 8.64. The first kappa shape index (κ1) is 19.0. The van der Waals surface area contributed by atoms with E-state index in [1.54, 1.807) is 11.3 Å². The number of carbonyl (C=O) groups is 1. The molecule has 0 bridgehead atoms. The predicted octanol–water partition coefficient (Wildman–Crippen LogP) is 3.57. The van der Waals surface area contributed by atoms with Crippen molar-refractivity contribution in [2.75, 3.05) is 26.2 Å². The number of nitriles is 1. The lowest BCUT2D eigenvalue weighted by atomic mass is 10.0. The van der Waals surface area contributed by atoms with Crippen LogP contribution in [0.15, 0.2) is 6.07 Å². The van der Waals surface area contributed by atoms with E-state index in [4.69, 9.17) is 0 Å². The maximum Gasteiger partial charge on any atom is 0.264 e. The molecule has 0 spiro atoms. The Bertz CT molecular complexity index is 594. The van der Waals surface area contributed by atoms with E-state index in [1.807, 2.05) is 4.90 Å². The Kier molecular flexibility index (Phi) is 6.82. The van der Waals surface area contributed by atoms with Crippen LogP contribution in [0.1, 0.15) is 54.2 Å². The van der Waals surface area contributed by atoms with Gasteiger partial charge in [-0.25, -0.2) is 0 Å². The molecule has 1 aromatic heterocycles. The van der Waals surface area contributed by atoms with Crippen LogP contribution in [0.5, 0.6) is 0 Å². The number of piperazine rings is 1. The zero-order valence-electron chi connectivity index (χ0n) is 15.3. The number of thiophene rings is 1. The van der Waals surface area contributed by atoms with Gasteiger partial charge in [-0.15, -0.1) is 11.3 Å². The van der Waals surface area contributed by atoms with Crippen molar-refractivity contribution in [2.24, 2.45) is 5.92 Å². The molecule has 132 valence electrons. The van der Waals surface area contributed by atoms with Crippen molar-refractivity contribution in [3.63, 3.8) is 0 Å². The third-order valence-electron chi connectivity index (χ3n) is 4.72. The first-order chi connectivity index (χ1) is 11.5. The highest BCUT2D eigenvalue weighted by molar-refractivity contribution is 7.14. The number of aryl methyl sites for hydroxylation is 2. The summed E-state index contributed by atoms with van der Waals surface area (Å²) in [4.78, 5) is 19.2. The summed E-state index contributed by atoms with van der Waals surface area (Å²) in [6.07, 6.45) is 3.17. The normalized spacial score (nSPS) is 17.1. The van der Waals surface area contributed by atoms with E-state index < -0.39 is 0 Å². The predicted molar refractivity (Wildman–Crippen MR) is 99.4 cm³/mol. The minimum atomic E-state index is -0.0492. The molecule has 1 fully saturated rings. The molecular formula is C19H29N3OS. The van der Waals surface area contributed by atoms with Crippen molar-refractivity contribution in [1.29, 1.82) is 5.26 Å². The molecule has 0 radical (unpaired) electrons. The third-order valence-corrected chi connectivity index (χ3v) is 5.95. The fourth-order valence-electron chi connectivity index (χ4n) is 3.32. The number of hydrogen-bond donors (Lipinski definition) is 0. The summed E-state index contributed by atoms with van der Waals surface area (Å²) in [5.41, 5.74) is 1.33. The van der Waals surface area contributed by atoms with Gasteiger partial charge in [0.05, 0.1) is 10.9 Å². The molecule has 1 aromatic rings. The van der Waals surface area contributed by atoms with Crippen molar-refractivity contribution in [2.45, 2.75) is 53.0 Å². The minimum Gasteiger partial charge on any atom is -0.335 e. The van der Waals surface area contributed by atoms with Gasteiger partial charge in [0.15, 0.2) is 0 Å². The molecule has 2 heterocycles.